The third-order valence-corrected chi connectivity index (χ3v) is 6.09. The Morgan fingerprint density at radius 2 is 1.77 bits per heavy atom. The van der Waals surface area contributed by atoms with Crippen LogP contribution in [0.25, 0.3) is 10.9 Å². The first-order valence-electron chi connectivity index (χ1n) is 9.60. The van der Waals surface area contributed by atoms with E-state index in [1.807, 2.05) is 13.8 Å². The summed E-state index contributed by atoms with van der Waals surface area (Å²) >= 11 is 0. The van der Waals surface area contributed by atoms with Crippen LogP contribution in [0.15, 0.2) is 64.3 Å². The molecule has 1 aromatic heterocycles. The Hall–Kier alpha value is -3.04. The van der Waals surface area contributed by atoms with E-state index in [0.717, 1.165) is 0 Å². The topological polar surface area (TPSA) is 112 Å². The fraction of sp³-hybridized carbons (Fsp3) is 0.286. The zero-order chi connectivity index (χ0) is 21.7. The summed E-state index contributed by atoms with van der Waals surface area (Å²) < 4.78 is 27.0. The Morgan fingerprint density at radius 3 is 2.47 bits per heavy atom. The number of carbonyl (C=O) groups is 1. The lowest BCUT2D eigenvalue weighted by Crippen LogP contribution is -2.39. The molecule has 0 aliphatic heterocycles. The number of sulfonamides is 1. The van der Waals surface area contributed by atoms with Crippen LogP contribution in [-0.4, -0.2) is 41.8 Å². The van der Waals surface area contributed by atoms with Gasteiger partial charge in [0.2, 0.25) is 15.9 Å². The predicted octanol–water partition coefficient (Wildman–Crippen LogP) is 2.03. The van der Waals surface area contributed by atoms with Gasteiger partial charge < -0.3 is 9.88 Å². The van der Waals surface area contributed by atoms with Crippen molar-refractivity contribution >= 4 is 26.8 Å². The van der Waals surface area contributed by atoms with Crippen LogP contribution in [0.1, 0.15) is 26.1 Å². The number of hydrogen-bond acceptors (Lipinski definition) is 5. The number of hydrogen-bond donors (Lipinski definition) is 2. The average molecular weight is 429 g/mol. The molecule has 3 aromatic rings. The number of carbonyl (C=O) groups excluding carboxylic acids is 1. The molecular formula is C21H24N4O4S. The Kier molecular flexibility index (Phi) is 6.63. The molecule has 0 aliphatic rings. The van der Waals surface area contributed by atoms with Crippen LogP contribution in [0.2, 0.25) is 0 Å². The minimum atomic E-state index is -3.67. The minimum Gasteiger partial charge on any atom is -0.333 e. The molecule has 0 aliphatic carbocycles. The molecule has 0 saturated carbocycles. The molecule has 0 saturated heterocycles. The molecular weight excluding hydrogens is 404 g/mol. The van der Waals surface area contributed by atoms with Gasteiger partial charge in [0, 0.05) is 19.0 Å². The van der Waals surface area contributed by atoms with Gasteiger partial charge in [0.25, 0.3) is 5.56 Å². The monoisotopic (exact) mass is 428 g/mol. The van der Waals surface area contributed by atoms with Crippen LogP contribution in [0.5, 0.6) is 0 Å². The fourth-order valence-corrected chi connectivity index (χ4v) is 4.10. The van der Waals surface area contributed by atoms with Crippen molar-refractivity contribution in [2.45, 2.75) is 37.8 Å². The Morgan fingerprint density at radius 1 is 1.10 bits per heavy atom. The highest BCUT2D eigenvalue weighted by atomic mass is 32.2. The fourth-order valence-electron chi connectivity index (χ4n) is 3.05. The van der Waals surface area contributed by atoms with Crippen molar-refractivity contribution in [1.29, 1.82) is 0 Å². The number of H-pyrrole nitrogens is 1. The zero-order valence-electron chi connectivity index (χ0n) is 16.8. The van der Waals surface area contributed by atoms with Gasteiger partial charge >= 0.3 is 0 Å². The number of fused-ring (bicyclic) bond motifs is 1. The molecule has 9 heteroatoms. The van der Waals surface area contributed by atoms with Gasteiger partial charge in [0.05, 0.1) is 22.3 Å². The summed E-state index contributed by atoms with van der Waals surface area (Å²) in [6, 6.07) is 14.8. The molecule has 0 unspecified atom stereocenters. The molecule has 2 N–H and O–H groups in total. The molecule has 158 valence electrons. The highest BCUT2D eigenvalue weighted by molar-refractivity contribution is 7.89. The Labute approximate surface area is 175 Å². The summed E-state index contributed by atoms with van der Waals surface area (Å²) in [5.74, 6) is 0.141. The van der Waals surface area contributed by atoms with Crippen LogP contribution in [0.3, 0.4) is 0 Å². The SMILES string of the molecule is CC(C)N(Cc1nc2ccccc2c(=O)[nH]1)C(=O)CCNS(=O)(=O)c1ccccc1. The number of para-hydroxylation sites is 1. The maximum absolute atomic E-state index is 12.7. The molecule has 0 fully saturated rings. The summed E-state index contributed by atoms with van der Waals surface area (Å²) in [6.07, 6.45) is -0.0118. The third-order valence-electron chi connectivity index (χ3n) is 4.61. The van der Waals surface area contributed by atoms with Crippen molar-refractivity contribution in [2.24, 2.45) is 0 Å². The van der Waals surface area contributed by atoms with Crippen LogP contribution >= 0.6 is 0 Å². The first-order valence-corrected chi connectivity index (χ1v) is 11.1. The van der Waals surface area contributed by atoms with Gasteiger partial charge in [-0.1, -0.05) is 30.3 Å². The highest BCUT2D eigenvalue weighted by Crippen LogP contribution is 2.11. The lowest BCUT2D eigenvalue weighted by atomic mass is 10.2. The van der Waals surface area contributed by atoms with Gasteiger partial charge in [-0.2, -0.15) is 0 Å². The second-order valence-corrected chi connectivity index (χ2v) is 8.87. The van der Waals surface area contributed by atoms with Crippen molar-refractivity contribution in [2.75, 3.05) is 6.54 Å². The van der Waals surface area contributed by atoms with E-state index < -0.39 is 10.0 Å². The smallest absolute Gasteiger partial charge is 0.258 e. The number of benzene rings is 2. The van der Waals surface area contributed by atoms with E-state index in [1.54, 1.807) is 47.4 Å². The average Bonchev–Trinajstić information content (AvgIpc) is 2.72. The summed E-state index contributed by atoms with van der Waals surface area (Å²) in [4.78, 5) is 33.9. The minimum absolute atomic E-state index is 0.0118. The summed E-state index contributed by atoms with van der Waals surface area (Å²) in [6.45, 7) is 3.80. The van der Waals surface area contributed by atoms with Gasteiger partial charge in [0.15, 0.2) is 0 Å². The summed E-state index contributed by atoms with van der Waals surface area (Å²) in [5.41, 5.74) is 0.297. The number of aromatic amines is 1. The maximum atomic E-state index is 12.7. The van der Waals surface area contributed by atoms with Gasteiger partial charge in [-0.25, -0.2) is 18.1 Å². The van der Waals surface area contributed by atoms with E-state index in [9.17, 15) is 18.0 Å². The molecule has 2 aromatic carbocycles. The van der Waals surface area contributed by atoms with E-state index in [2.05, 4.69) is 14.7 Å². The van der Waals surface area contributed by atoms with E-state index in [-0.39, 0.29) is 41.9 Å². The number of rotatable bonds is 8. The van der Waals surface area contributed by atoms with Gasteiger partial charge in [-0.15, -0.1) is 0 Å². The van der Waals surface area contributed by atoms with Crippen molar-refractivity contribution in [3.63, 3.8) is 0 Å². The molecule has 0 atom stereocenters. The molecule has 0 radical (unpaired) electrons. The molecule has 8 nitrogen and oxygen atoms in total. The second kappa shape index (κ2) is 9.19. The van der Waals surface area contributed by atoms with Crippen LogP contribution in [-0.2, 0) is 21.4 Å². The normalized spacial score (nSPS) is 11.7. The van der Waals surface area contributed by atoms with Crippen LogP contribution in [0, 0.1) is 0 Å². The Balaban J connectivity index is 1.68. The van der Waals surface area contributed by atoms with E-state index >= 15 is 0 Å². The van der Waals surface area contributed by atoms with E-state index in [4.69, 9.17) is 0 Å². The maximum Gasteiger partial charge on any atom is 0.258 e. The molecule has 0 spiro atoms. The van der Waals surface area contributed by atoms with Crippen molar-refractivity contribution in [1.82, 2.24) is 19.6 Å². The standard InChI is InChI=1S/C21H24N4O4S/c1-15(2)25(14-19-23-18-11-7-6-10-17(18)21(27)24-19)20(26)12-13-22-30(28,29)16-8-4-3-5-9-16/h3-11,15,22H,12-14H2,1-2H3,(H,23,24,27). The number of nitrogens with zero attached hydrogens (tertiary/aromatic N) is 2. The number of nitrogens with one attached hydrogen (secondary N) is 2. The van der Waals surface area contributed by atoms with E-state index in [0.29, 0.717) is 16.7 Å². The van der Waals surface area contributed by atoms with Gasteiger partial charge in [0.1, 0.15) is 5.82 Å². The lowest BCUT2D eigenvalue weighted by molar-refractivity contribution is -0.133. The van der Waals surface area contributed by atoms with Crippen LogP contribution < -0.4 is 10.3 Å². The quantitative estimate of drug-likeness (QED) is 0.570. The largest absolute Gasteiger partial charge is 0.333 e. The molecule has 0 bridgehead atoms. The number of aromatic nitrogens is 2. The zero-order valence-corrected chi connectivity index (χ0v) is 17.6. The molecule has 1 heterocycles. The van der Waals surface area contributed by atoms with Gasteiger partial charge in [-0.05, 0) is 38.1 Å². The third kappa shape index (κ3) is 5.11. The van der Waals surface area contributed by atoms with Crippen molar-refractivity contribution in [3.05, 3.63) is 70.8 Å². The van der Waals surface area contributed by atoms with Gasteiger partial charge in [-0.3, -0.25) is 9.59 Å². The molecule has 1 amide bonds. The predicted molar refractivity (Wildman–Crippen MR) is 114 cm³/mol. The van der Waals surface area contributed by atoms with E-state index in [1.165, 1.54) is 12.1 Å². The second-order valence-electron chi connectivity index (χ2n) is 7.11. The first-order chi connectivity index (χ1) is 14.3. The Bertz CT molecular complexity index is 1190. The summed E-state index contributed by atoms with van der Waals surface area (Å²) in [7, 11) is -3.67. The van der Waals surface area contributed by atoms with Crippen molar-refractivity contribution in [3.8, 4) is 0 Å². The molecule has 3 rings (SSSR count). The van der Waals surface area contributed by atoms with Crippen molar-refractivity contribution < 1.29 is 13.2 Å². The first kappa shape index (κ1) is 21.7. The number of amides is 1. The highest BCUT2D eigenvalue weighted by Gasteiger charge is 2.20. The van der Waals surface area contributed by atoms with Crippen LogP contribution in [0.4, 0.5) is 0 Å². The summed E-state index contributed by atoms with van der Waals surface area (Å²) in [5, 5.41) is 0.485. The lowest BCUT2D eigenvalue weighted by Gasteiger charge is -2.26. The molecule has 30 heavy (non-hydrogen) atoms.